The summed E-state index contributed by atoms with van der Waals surface area (Å²) in [4.78, 5) is 4.75. The van der Waals surface area contributed by atoms with Crippen molar-refractivity contribution in [2.45, 2.75) is 48.7 Å². The second kappa shape index (κ2) is 9.27. The zero-order chi connectivity index (χ0) is 28.6. The van der Waals surface area contributed by atoms with Gasteiger partial charge in [0.2, 0.25) is 0 Å². The van der Waals surface area contributed by atoms with E-state index in [0.717, 1.165) is 55.6 Å². The molecule has 1 saturated heterocycles. The molecule has 6 heteroatoms. The van der Waals surface area contributed by atoms with Crippen LogP contribution in [0.15, 0.2) is 123 Å². The van der Waals surface area contributed by atoms with Crippen molar-refractivity contribution in [3.05, 3.63) is 109 Å². The summed E-state index contributed by atoms with van der Waals surface area (Å²) in [5.41, 5.74) is 7.67. The summed E-state index contributed by atoms with van der Waals surface area (Å²) in [7, 11) is -0.395. The fourth-order valence-electron chi connectivity index (χ4n) is 5.95. The minimum atomic E-state index is -0.395. The molecule has 1 fully saturated rings. The number of nitrogens with zero attached hydrogens (tertiary/aromatic N) is 1. The molecule has 8 rings (SSSR count). The summed E-state index contributed by atoms with van der Waals surface area (Å²) in [6.45, 7) is 8.36. The molecule has 0 aliphatic carbocycles. The molecule has 42 heavy (non-hydrogen) atoms. The quantitative estimate of drug-likeness (QED) is 0.199. The average molecular weight is 568 g/mol. The topological polar surface area (TPSA) is 34.8 Å². The SMILES string of the molecule is CC1(C)OB(c2cccc(-c3ccc4c(c3)Sc3ccccc3N4c3cccc4c3oc3ccccc34)c2)OC1(C)C. The molecule has 1 aromatic heterocycles. The molecule has 0 atom stereocenters. The number of furan rings is 1. The maximum atomic E-state index is 6.48. The first-order chi connectivity index (χ1) is 20.3. The Hall–Kier alpha value is -3.97. The molecule has 0 bridgehead atoms. The largest absolute Gasteiger partial charge is 0.494 e. The van der Waals surface area contributed by atoms with E-state index in [4.69, 9.17) is 13.7 Å². The monoisotopic (exact) mass is 567 g/mol. The summed E-state index contributed by atoms with van der Waals surface area (Å²) >= 11 is 1.81. The lowest BCUT2D eigenvalue weighted by Gasteiger charge is -2.33. The van der Waals surface area contributed by atoms with Gasteiger partial charge in [-0.05, 0) is 80.7 Å². The van der Waals surface area contributed by atoms with Crippen molar-refractivity contribution in [1.82, 2.24) is 0 Å². The average Bonchev–Trinajstić information content (AvgIpc) is 3.48. The van der Waals surface area contributed by atoms with Crippen LogP contribution in [0.2, 0.25) is 0 Å². The fraction of sp³-hybridized carbons (Fsp3) is 0.167. The maximum Gasteiger partial charge on any atom is 0.494 e. The van der Waals surface area contributed by atoms with Gasteiger partial charge in [-0.25, -0.2) is 0 Å². The van der Waals surface area contributed by atoms with Crippen LogP contribution in [-0.4, -0.2) is 18.3 Å². The lowest BCUT2D eigenvalue weighted by atomic mass is 9.78. The fourth-order valence-corrected chi connectivity index (χ4v) is 7.05. The molecule has 0 amide bonds. The number of anilines is 3. The van der Waals surface area contributed by atoms with Crippen LogP contribution in [0.25, 0.3) is 33.1 Å². The molecule has 3 heterocycles. The molecular weight excluding hydrogens is 537 g/mol. The highest BCUT2D eigenvalue weighted by Gasteiger charge is 2.51. The maximum absolute atomic E-state index is 6.48. The minimum absolute atomic E-state index is 0.379. The van der Waals surface area contributed by atoms with Crippen LogP contribution in [0.3, 0.4) is 0 Å². The van der Waals surface area contributed by atoms with Gasteiger partial charge in [0, 0.05) is 20.6 Å². The third kappa shape index (κ3) is 3.93. The summed E-state index contributed by atoms with van der Waals surface area (Å²) in [6, 6.07) is 38.5. The predicted octanol–water partition coefficient (Wildman–Crippen LogP) is 9.49. The summed E-state index contributed by atoms with van der Waals surface area (Å²) in [6.07, 6.45) is 0. The highest BCUT2D eigenvalue weighted by Crippen LogP contribution is 2.53. The Balaban J connectivity index is 1.23. The van der Waals surface area contributed by atoms with Gasteiger partial charge in [0.05, 0.1) is 28.3 Å². The molecule has 2 aliphatic heterocycles. The normalized spacial score (nSPS) is 17.0. The van der Waals surface area contributed by atoms with Crippen molar-refractivity contribution in [3.8, 4) is 11.1 Å². The Bertz CT molecular complexity index is 2000. The van der Waals surface area contributed by atoms with Crippen LogP contribution >= 0.6 is 11.8 Å². The Labute approximate surface area is 250 Å². The first-order valence-corrected chi connectivity index (χ1v) is 15.2. The Kier molecular flexibility index (Phi) is 5.68. The van der Waals surface area contributed by atoms with Gasteiger partial charge in [0.15, 0.2) is 5.58 Å². The van der Waals surface area contributed by atoms with Gasteiger partial charge < -0.3 is 18.6 Å². The third-order valence-corrected chi connectivity index (χ3v) is 10.0. The van der Waals surface area contributed by atoms with E-state index in [1.807, 2.05) is 23.9 Å². The van der Waals surface area contributed by atoms with E-state index in [0.29, 0.717) is 0 Å². The summed E-state index contributed by atoms with van der Waals surface area (Å²) in [5.74, 6) is 0. The minimum Gasteiger partial charge on any atom is -0.454 e. The van der Waals surface area contributed by atoms with E-state index in [1.54, 1.807) is 0 Å². The smallest absolute Gasteiger partial charge is 0.454 e. The van der Waals surface area contributed by atoms with E-state index < -0.39 is 7.12 Å². The van der Waals surface area contributed by atoms with Gasteiger partial charge in [-0.3, -0.25) is 0 Å². The Morgan fingerprint density at radius 3 is 2.12 bits per heavy atom. The first-order valence-electron chi connectivity index (χ1n) is 14.4. The molecule has 6 aromatic rings. The molecular formula is C36H30BNO3S. The highest BCUT2D eigenvalue weighted by molar-refractivity contribution is 7.99. The molecule has 0 saturated carbocycles. The van der Waals surface area contributed by atoms with Crippen molar-refractivity contribution in [1.29, 1.82) is 0 Å². The van der Waals surface area contributed by atoms with Gasteiger partial charge in [-0.15, -0.1) is 0 Å². The van der Waals surface area contributed by atoms with Crippen LogP contribution in [0.4, 0.5) is 17.1 Å². The second-order valence-electron chi connectivity index (χ2n) is 12.1. The van der Waals surface area contributed by atoms with E-state index >= 15 is 0 Å². The Morgan fingerprint density at radius 1 is 0.595 bits per heavy atom. The summed E-state index contributed by atoms with van der Waals surface area (Å²) in [5, 5.41) is 2.25. The molecule has 0 radical (unpaired) electrons. The number of benzene rings is 5. The van der Waals surface area contributed by atoms with Crippen LogP contribution in [0.5, 0.6) is 0 Å². The molecule has 206 valence electrons. The van der Waals surface area contributed by atoms with Gasteiger partial charge in [-0.1, -0.05) is 84.6 Å². The van der Waals surface area contributed by atoms with E-state index in [-0.39, 0.29) is 11.2 Å². The van der Waals surface area contributed by atoms with Crippen molar-refractivity contribution in [3.63, 3.8) is 0 Å². The van der Waals surface area contributed by atoms with Crippen LogP contribution < -0.4 is 10.4 Å². The first kappa shape index (κ1) is 25.7. The zero-order valence-corrected chi connectivity index (χ0v) is 24.9. The summed E-state index contributed by atoms with van der Waals surface area (Å²) < 4.78 is 19.2. The second-order valence-corrected chi connectivity index (χ2v) is 13.1. The third-order valence-electron chi connectivity index (χ3n) is 8.90. The van der Waals surface area contributed by atoms with Crippen molar-refractivity contribution >= 4 is 63.3 Å². The van der Waals surface area contributed by atoms with Gasteiger partial charge in [0.25, 0.3) is 0 Å². The number of hydrogen-bond donors (Lipinski definition) is 0. The van der Waals surface area contributed by atoms with Crippen molar-refractivity contribution in [2.24, 2.45) is 0 Å². The number of para-hydroxylation sites is 3. The Morgan fingerprint density at radius 2 is 1.26 bits per heavy atom. The number of rotatable bonds is 3. The molecule has 4 nitrogen and oxygen atoms in total. The lowest BCUT2D eigenvalue weighted by Crippen LogP contribution is -2.41. The molecule has 0 unspecified atom stereocenters. The molecule has 2 aliphatic rings. The van der Waals surface area contributed by atoms with E-state index in [9.17, 15) is 0 Å². The van der Waals surface area contributed by atoms with E-state index in [2.05, 4.69) is 130 Å². The van der Waals surface area contributed by atoms with Crippen LogP contribution in [0, 0.1) is 0 Å². The van der Waals surface area contributed by atoms with Crippen molar-refractivity contribution < 1.29 is 13.7 Å². The molecule has 0 spiro atoms. The lowest BCUT2D eigenvalue weighted by molar-refractivity contribution is 0.00578. The number of hydrogen-bond acceptors (Lipinski definition) is 5. The zero-order valence-electron chi connectivity index (χ0n) is 24.0. The highest BCUT2D eigenvalue weighted by atomic mass is 32.2. The van der Waals surface area contributed by atoms with Crippen LogP contribution in [-0.2, 0) is 9.31 Å². The van der Waals surface area contributed by atoms with Gasteiger partial charge in [-0.2, -0.15) is 0 Å². The molecule has 0 N–H and O–H groups in total. The standard InChI is InChI=1S/C36H30BNO3S/c1-35(2)36(3,4)41-37(40-35)25-12-9-11-23(21-25)24-19-20-29-33(22-24)42-32-18-8-6-15-28(32)38(29)30-16-10-14-27-26-13-5-7-17-31(26)39-34(27)30/h5-22H,1-4H3. The van der Waals surface area contributed by atoms with E-state index in [1.165, 1.54) is 9.79 Å². The van der Waals surface area contributed by atoms with Crippen molar-refractivity contribution in [2.75, 3.05) is 4.90 Å². The van der Waals surface area contributed by atoms with Gasteiger partial charge >= 0.3 is 7.12 Å². The molecule has 5 aromatic carbocycles. The number of fused-ring (bicyclic) bond motifs is 5. The predicted molar refractivity (Wildman–Crippen MR) is 174 cm³/mol. The van der Waals surface area contributed by atoms with Gasteiger partial charge in [0.1, 0.15) is 5.58 Å². The van der Waals surface area contributed by atoms with Crippen LogP contribution in [0.1, 0.15) is 27.7 Å².